The van der Waals surface area contributed by atoms with Crippen LogP contribution in [-0.2, 0) is 4.79 Å². The van der Waals surface area contributed by atoms with Crippen LogP contribution in [0.2, 0.25) is 0 Å². The second kappa shape index (κ2) is 12.6. The number of hydrogen-bond acceptors (Lipinski definition) is 2. The number of hydrogen-bond donors (Lipinski definition) is 2. The maximum Gasteiger partial charge on any atom is 0.327 e. The molecular formula is C15H28O3. The molecular weight excluding hydrogens is 228 g/mol. The van der Waals surface area contributed by atoms with Gasteiger partial charge in [-0.1, -0.05) is 51.0 Å². The summed E-state index contributed by atoms with van der Waals surface area (Å²) in [5.74, 6) is -0.854. The summed E-state index contributed by atoms with van der Waals surface area (Å²) in [6.45, 7) is 1.85. The van der Waals surface area contributed by atoms with E-state index in [0.29, 0.717) is 0 Å². The van der Waals surface area contributed by atoms with Gasteiger partial charge >= 0.3 is 5.97 Å². The van der Waals surface area contributed by atoms with Crippen LogP contribution >= 0.6 is 0 Å². The summed E-state index contributed by atoms with van der Waals surface area (Å²) >= 11 is 0. The summed E-state index contributed by atoms with van der Waals surface area (Å²) in [7, 11) is 0. The van der Waals surface area contributed by atoms with Crippen molar-refractivity contribution in [2.24, 2.45) is 0 Å². The predicted octanol–water partition coefficient (Wildman–Crippen LogP) is 3.91. The van der Waals surface area contributed by atoms with Gasteiger partial charge in [0.15, 0.2) is 0 Å². The van der Waals surface area contributed by atoms with Crippen molar-refractivity contribution in [2.75, 3.05) is 0 Å². The lowest BCUT2D eigenvalue weighted by molar-refractivity contribution is -0.131. The maximum atomic E-state index is 10.2. The third-order valence-electron chi connectivity index (χ3n) is 3.00. The van der Waals surface area contributed by atoms with Crippen LogP contribution < -0.4 is 0 Å². The Morgan fingerprint density at radius 3 is 2.00 bits per heavy atom. The zero-order valence-electron chi connectivity index (χ0n) is 11.6. The fourth-order valence-electron chi connectivity index (χ4n) is 1.95. The quantitative estimate of drug-likeness (QED) is 0.411. The van der Waals surface area contributed by atoms with Gasteiger partial charge in [-0.05, 0) is 26.2 Å². The molecule has 0 unspecified atom stereocenters. The Kier molecular flexibility index (Phi) is 12.0. The van der Waals surface area contributed by atoms with Gasteiger partial charge in [0, 0.05) is 6.08 Å². The summed E-state index contributed by atoms with van der Waals surface area (Å²) in [5.41, 5.74) is 0. The first-order valence-electron chi connectivity index (χ1n) is 7.20. The molecule has 0 aliphatic heterocycles. The molecule has 0 aromatic heterocycles. The van der Waals surface area contributed by atoms with Gasteiger partial charge in [0.2, 0.25) is 0 Å². The molecule has 0 radical (unpaired) electrons. The van der Waals surface area contributed by atoms with Crippen molar-refractivity contribution >= 4 is 5.97 Å². The van der Waals surface area contributed by atoms with Crippen LogP contribution in [0, 0.1) is 0 Å². The number of aliphatic carboxylic acids is 1. The lowest BCUT2D eigenvalue weighted by Gasteiger charge is -2.03. The summed E-state index contributed by atoms with van der Waals surface area (Å²) in [6, 6.07) is 0. The van der Waals surface area contributed by atoms with Crippen LogP contribution in [0.1, 0.15) is 71.1 Å². The summed E-state index contributed by atoms with van der Waals surface area (Å²) in [4.78, 5) is 10.2. The van der Waals surface area contributed by atoms with E-state index < -0.39 is 5.97 Å². The highest BCUT2D eigenvalue weighted by molar-refractivity contribution is 5.79. The molecule has 0 bridgehead atoms. The average molecular weight is 256 g/mol. The van der Waals surface area contributed by atoms with Crippen LogP contribution in [-0.4, -0.2) is 22.3 Å². The van der Waals surface area contributed by atoms with Crippen molar-refractivity contribution in [1.29, 1.82) is 0 Å². The molecule has 2 N–H and O–H groups in total. The molecule has 3 heteroatoms. The Labute approximate surface area is 111 Å². The highest BCUT2D eigenvalue weighted by Gasteiger charge is 1.95. The molecule has 0 spiro atoms. The molecule has 1 atom stereocenters. The largest absolute Gasteiger partial charge is 0.478 e. The number of carbonyl (C=O) groups is 1. The molecule has 0 aromatic carbocycles. The van der Waals surface area contributed by atoms with Crippen molar-refractivity contribution in [1.82, 2.24) is 0 Å². The normalized spacial score (nSPS) is 13.0. The first-order valence-corrected chi connectivity index (χ1v) is 7.20. The van der Waals surface area contributed by atoms with E-state index in [4.69, 9.17) is 10.2 Å². The third-order valence-corrected chi connectivity index (χ3v) is 3.00. The van der Waals surface area contributed by atoms with E-state index in [1.807, 2.05) is 6.92 Å². The van der Waals surface area contributed by atoms with E-state index in [9.17, 15) is 4.79 Å². The molecule has 18 heavy (non-hydrogen) atoms. The lowest BCUT2D eigenvalue weighted by Crippen LogP contribution is -1.98. The van der Waals surface area contributed by atoms with Crippen LogP contribution in [0.4, 0.5) is 0 Å². The van der Waals surface area contributed by atoms with E-state index in [0.717, 1.165) is 25.7 Å². The number of carboxylic acid groups (broad SMARTS) is 1. The van der Waals surface area contributed by atoms with Gasteiger partial charge in [-0.2, -0.15) is 0 Å². The lowest BCUT2D eigenvalue weighted by atomic mass is 10.1. The van der Waals surface area contributed by atoms with E-state index in [-0.39, 0.29) is 6.10 Å². The molecule has 0 saturated heterocycles. The zero-order chi connectivity index (χ0) is 13.6. The van der Waals surface area contributed by atoms with Crippen LogP contribution in [0.3, 0.4) is 0 Å². The standard InChI is InChI=1S/C15H28O3/c1-14(16)12-10-8-6-4-2-3-5-7-9-11-13-15(17)18/h11,13-14,16H,2-10,12H2,1H3,(H,17,18)/b13-11+/t14-/m1/s1. The number of aliphatic hydroxyl groups excluding tert-OH is 1. The van der Waals surface area contributed by atoms with E-state index in [2.05, 4.69) is 0 Å². The average Bonchev–Trinajstić information content (AvgIpc) is 2.29. The Hall–Kier alpha value is -0.830. The van der Waals surface area contributed by atoms with Crippen molar-refractivity contribution < 1.29 is 15.0 Å². The fraction of sp³-hybridized carbons (Fsp3) is 0.800. The van der Waals surface area contributed by atoms with Gasteiger partial charge in [0.25, 0.3) is 0 Å². The summed E-state index contributed by atoms with van der Waals surface area (Å²) in [6.07, 6.45) is 14.3. The van der Waals surface area contributed by atoms with Gasteiger partial charge in [-0.25, -0.2) is 4.79 Å². The van der Waals surface area contributed by atoms with Crippen LogP contribution in [0.15, 0.2) is 12.2 Å². The van der Waals surface area contributed by atoms with Gasteiger partial charge in [-0.15, -0.1) is 0 Å². The molecule has 0 fully saturated rings. The van der Waals surface area contributed by atoms with Crippen molar-refractivity contribution in [3.05, 3.63) is 12.2 Å². The number of carboxylic acids is 1. The third kappa shape index (κ3) is 15.2. The molecule has 0 rings (SSSR count). The number of allylic oxidation sites excluding steroid dienone is 1. The minimum absolute atomic E-state index is 0.149. The second-order valence-electron chi connectivity index (χ2n) is 5.00. The number of unbranched alkanes of at least 4 members (excludes halogenated alkanes) is 8. The number of rotatable bonds is 12. The monoisotopic (exact) mass is 256 g/mol. The number of aliphatic hydroxyl groups is 1. The SMILES string of the molecule is C[C@@H](O)CCCCCCCCCC/C=C/C(=O)O. The fourth-order valence-corrected chi connectivity index (χ4v) is 1.95. The molecule has 0 heterocycles. The minimum atomic E-state index is -0.854. The Morgan fingerprint density at radius 2 is 1.50 bits per heavy atom. The molecule has 0 amide bonds. The Morgan fingerprint density at radius 1 is 1.00 bits per heavy atom. The summed E-state index contributed by atoms with van der Waals surface area (Å²) in [5, 5.41) is 17.5. The van der Waals surface area contributed by atoms with Crippen LogP contribution in [0.25, 0.3) is 0 Å². The minimum Gasteiger partial charge on any atom is -0.478 e. The summed E-state index contributed by atoms with van der Waals surface area (Å²) < 4.78 is 0. The Balaban J connectivity index is 3.05. The van der Waals surface area contributed by atoms with Gasteiger partial charge in [0.1, 0.15) is 0 Å². The maximum absolute atomic E-state index is 10.2. The first-order chi connectivity index (χ1) is 8.63. The van der Waals surface area contributed by atoms with Gasteiger partial charge in [0.05, 0.1) is 6.10 Å². The zero-order valence-corrected chi connectivity index (χ0v) is 11.6. The van der Waals surface area contributed by atoms with Crippen molar-refractivity contribution in [2.45, 2.75) is 77.2 Å². The van der Waals surface area contributed by atoms with Gasteiger partial charge < -0.3 is 10.2 Å². The molecule has 0 saturated carbocycles. The molecule has 0 aliphatic carbocycles. The molecule has 106 valence electrons. The molecule has 0 aromatic rings. The van der Waals surface area contributed by atoms with E-state index >= 15 is 0 Å². The first kappa shape index (κ1) is 17.2. The van der Waals surface area contributed by atoms with E-state index in [1.54, 1.807) is 6.08 Å². The highest BCUT2D eigenvalue weighted by atomic mass is 16.4. The highest BCUT2D eigenvalue weighted by Crippen LogP contribution is 2.11. The van der Waals surface area contributed by atoms with Crippen molar-refractivity contribution in [3.8, 4) is 0 Å². The molecule has 0 aliphatic rings. The Bertz CT molecular complexity index is 222. The van der Waals surface area contributed by atoms with E-state index in [1.165, 1.54) is 44.6 Å². The molecule has 3 nitrogen and oxygen atoms in total. The second-order valence-corrected chi connectivity index (χ2v) is 5.00. The predicted molar refractivity (Wildman–Crippen MR) is 74.6 cm³/mol. The topological polar surface area (TPSA) is 57.5 Å². The van der Waals surface area contributed by atoms with Crippen LogP contribution in [0.5, 0.6) is 0 Å². The van der Waals surface area contributed by atoms with Crippen molar-refractivity contribution in [3.63, 3.8) is 0 Å². The van der Waals surface area contributed by atoms with Gasteiger partial charge in [-0.3, -0.25) is 0 Å². The smallest absolute Gasteiger partial charge is 0.327 e.